The molecule has 5 heteroatoms. The Bertz CT molecular complexity index is 606. The average molecular weight is 270 g/mol. The van der Waals surface area contributed by atoms with Gasteiger partial charge in [-0.15, -0.1) is 0 Å². The first-order valence-electron chi connectivity index (χ1n) is 6.57. The fourth-order valence-corrected chi connectivity index (χ4v) is 2.34. The van der Waals surface area contributed by atoms with Gasteiger partial charge in [-0.25, -0.2) is 4.98 Å². The molecule has 0 saturated carbocycles. The SMILES string of the molecule is COC1CN(c2ccc(-c3cccc(N)c3N)cn2)C1. The maximum atomic E-state index is 6.01. The Morgan fingerprint density at radius 1 is 1.20 bits per heavy atom. The van der Waals surface area contributed by atoms with Crippen LogP contribution in [0.2, 0.25) is 0 Å². The number of anilines is 3. The molecular weight excluding hydrogens is 252 g/mol. The molecule has 1 aromatic heterocycles. The molecule has 3 rings (SSSR count). The number of pyridine rings is 1. The van der Waals surface area contributed by atoms with Gasteiger partial charge < -0.3 is 21.1 Å². The molecule has 1 aliphatic heterocycles. The van der Waals surface area contributed by atoms with Gasteiger partial charge in [-0.3, -0.25) is 0 Å². The van der Waals surface area contributed by atoms with Crippen molar-refractivity contribution in [1.29, 1.82) is 0 Å². The lowest BCUT2D eigenvalue weighted by atomic mass is 10.0. The highest BCUT2D eigenvalue weighted by molar-refractivity contribution is 5.84. The van der Waals surface area contributed by atoms with Crippen molar-refractivity contribution < 1.29 is 4.74 Å². The molecule has 0 radical (unpaired) electrons. The van der Waals surface area contributed by atoms with E-state index in [1.165, 1.54) is 0 Å². The summed E-state index contributed by atoms with van der Waals surface area (Å²) >= 11 is 0. The number of methoxy groups -OCH3 is 1. The van der Waals surface area contributed by atoms with Crippen molar-refractivity contribution in [3.05, 3.63) is 36.5 Å². The van der Waals surface area contributed by atoms with Crippen LogP contribution in [0.3, 0.4) is 0 Å². The van der Waals surface area contributed by atoms with Gasteiger partial charge in [0.25, 0.3) is 0 Å². The Hall–Kier alpha value is -2.27. The van der Waals surface area contributed by atoms with E-state index in [1.807, 2.05) is 30.5 Å². The van der Waals surface area contributed by atoms with Crippen LogP contribution in [-0.4, -0.2) is 31.3 Å². The van der Waals surface area contributed by atoms with Crippen molar-refractivity contribution in [2.45, 2.75) is 6.10 Å². The normalized spacial score (nSPS) is 15.2. The molecule has 0 unspecified atom stereocenters. The molecule has 0 amide bonds. The van der Waals surface area contributed by atoms with Gasteiger partial charge in [0.2, 0.25) is 0 Å². The maximum Gasteiger partial charge on any atom is 0.128 e. The number of ether oxygens (including phenoxy) is 1. The number of nitrogens with zero attached hydrogens (tertiary/aromatic N) is 2. The van der Waals surface area contributed by atoms with Gasteiger partial charge in [0.05, 0.1) is 17.5 Å². The second-order valence-corrected chi connectivity index (χ2v) is 4.98. The lowest BCUT2D eigenvalue weighted by Crippen LogP contribution is -2.52. The van der Waals surface area contributed by atoms with Crippen LogP contribution in [0.15, 0.2) is 36.5 Å². The standard InChI is InChI=1S/C15H18N4O/c1-20-11-8-19(9-11)14-6-5-10(7-18-14)12-3-2-4-13(16)15(12)17/h2-7,11H,8-9,16-17H2,1H3. The Balaban J connectivity index is 1.81. The van der Waals surface area contributed by atoms with Gasteiger partial charge in [-0.2, -0.15) is 0 Å². The van der Waals surface area contributed by atoms with E-state index in [9.17, 15) is 0 Å². The highest BCUT2D eigenvalue weighted by Crippen LogP contribution is 2.30. The number of benzene rings is 1. The van der Waals surface area contributed by atoms with Crippen LogP contribution >= 0.6 is 0 Å². The summed E-state index contributed by atoms with van der Waals surface area (Å²) in [5, 5.41) is 0. The van der Waals surface area contributed by atoms with E-state index in [0.29, 0.717) is 17.5 Å². The third kappa shape index (κ3) is 2.16. The van der Waals surface area contributed by atoms with Gasteiger partial charge in [-0.05, 0) is 18.2 Å². The fraction of sp³-hybridized carbons (Fsp3) is 0.267. The molecule has 2 heterocycles. The quantitative estimate of drug-likeness (QED) is 0.831. The summed E-state index contributed by atoms with van der Waals surface area (Å²) in [6.07, 6.45) is 2.15. The van der Waals surface area contributed by atoms with Crippen LogP contribution in [-0.2, 0) is 4.74 Å². The van der Waals surface area contributed by atoms with Crippen LogP contribution < -0.4 is 16.4 Å². The predicted octanol–water partition coefficient (Wildman–Crippen LogP) is 1.75. The minimum atomic E-state index is 0.320. The molecule has 20 heavy (non-hydrogen) atoms. The molecule has 0 atom stereocenters. The second kappa shape index (κ2) is 5.02. The fourth-order valence-electron chi connectivity index (χ4n) is 2.34. The zero-order chi connectivity index (χ0) is 14.1. The minimum absolute atomic E-state index is 0.320. The Kier molecular flexibility index (Phi) is 3.20. The molecule has 5 nitrogen and oxygen atoms in total. The summed E-state index contributed by atoms with van der Waals surface area (Å²) in [6.45, 7) is 1.78. The summed E-state index contributed by atoms with van der Waals surface area (Å²) in [5.74, 6) is 0.963. The molecule has 0 aliphatic carbocycles. The molecule has 4 N–H and O–H groups in total. The third-order valence-corrected chi connectivity index (χ3v) is 3.70. The molecule has 1 saturated heterocycles. The number of hydrogen-bond acceptors (Lipinski definition) is 5. The molecule has 1 fully saturated rings. The van der Waals surface area contributed by atoms with Crippen molar-refractivity contribution >= 4 is 17.2 Å². The zero-order valence-corrected chi connectivity index (χ0v) is 11.4. The Labute approximate surface area is 118 Å². The summed E-state index contributed by atoms with van der Waals surface area (Å²) in [6, 6.07) is 9.67. The molecule has 0 bridgehead atoms. The summed E-state index contributed by atoms with van der Waals surface area (Å²) in [7, 11) is 1.74. The van der Waals surface area contributed by atoms with E-state index in [-0.39, 0.29) is 0 Å². The van der Waals surface area contributed by atoms with E-state index in [0.717, 1.165) is 30.0 Å². The van der Waals surface area contributed by atoms with Gasteiger partial charge in [-0.1, -0.05) is 12.1 Å². The van der Waals surface area contributed by atoms with Crippen LogP contribution in [0.4, 0.5) is 17.2 Å². The number of aromatic nitrogens is 1. The second-order valence-electron chi connectivity index (χ2n) is 4.98. The lowest BCUT2D eigenvalue weighted by Gasteiger charge is -2.39. The summed E-state index contributed by atoms with van der Waals surface area (Å²) in [4.78, 5) is 6.67. The van der Waals surface area contributed by atoms with E-state index in [4.69, 9.17) is 16.2 Å². The molecule has 1 aliphatic rings. The van der Waals surface area contributed by atoms with Gasteiger partial charge in [0, 0.05) is 37.5 Å². The topological polar surface area (TPSA) is 77.4 Å². The van der Waals surface area contributed by atoms with Gasteiger partial charge in [0.15, 0.2) is 0 Å². The first-order chi connectivity index (χ1) is 9.69. The van der Waals surface area contributed by atoms with E-state index in [2.05, 4.69) is 9.88 Å². The van der Waals surface area contributed by atoms with Crippen LogP contribution in [0.1, 0.15) is 0 Å². The maximum absolute atomic E-state index is 6.01. The minimum Gasteiger partial charge on any atom is -0.397 e. The largest absolute Gasteiger partial charge is 0.397 e. The first kappa shape index (κ1) is 12.7. The molecule has 0 spiro atoms. The van der Waals surface area contributed by atoms with Gasteiger partial charge >= 0.3 is 0 Å². The van der Waals surface area contributed by atoms with Crippen molar-refractivity contribution in [2.24, 2.45) is 0 Å². The lowest BCUT2D eigenvalue weighted by molar-refractivity contribution is 0.0783. The van der Waals surface area contributed by atoms with Crippen LogP contribution in [0, 0.1) is 0 Å². The van der Waals surface area contributed by atoms with Crippen molar-refractivity contribution in [3.8, 4) is 11.1 Å². The van der Waals surface area contributed by atoms with Gasteiger partial charge in [0.1, 0.15) is 5.82 Å². The van der Waals surface area contributed by atoms with Crippen molar-refractivity contribution in [3.63, 3.8) is 0 Å². The third-order valence-electron chi connectivity index (χ3n) is 3.70. The average Bonchev–Trinajstić information content (AvgIpc) is 2.42. The van der Waals surface area contributed by atoms with E-state index in [1.54, 1.807) is 13.2 Å². The predicted molar refractivity (Wildman–Crippen MR) is 81.5 cm³/mol. The number of hydrogen-bond donors (Lipinski definition) is 2. The number of rotatable bonds is 3. The number of para-hydroxylation sites is 1. The van der Waals surface area contributed by atoms with Crippen LogP contribution in [0.5, 0.6) is 0 Å². The molecule has 104 valence electrons. The zero-order valence-electron chi connectivity index (χ0n) is 11.4. The first-order valence-corrected chi connectivity index (χ1v) is 6.57. The van der Waals surface area contributed by atoms with Crippen LogP contribution in [0.25, 0.3) is 11.1 Å². The summed E-state index contributed by atoms with van der Waals surface area (Å²) < 4.78 is 5.26. The smallest absolute Gasteiger partial charge is 0.128 e. The summed E-state index contributed by atoms with van der Waals surface area (Å²) in [5.41, 5.74) is 14.9. The Morgan fingerprint density at radius 2 is 2.00 bits per heavy atom. The highest BCUT2D eigenvalue weighted by atomic mass is 16.5. The molecular formula is C15H18N4O. The Morgan fingerprint density at radius 3 is 2.65 bits per heavy atom. The van der Waals surface area contributed by atoms with E-state index >= 15 is 0 Å². The molecule has 2 aromatic rings. The number of nitrogen functional groups attached to an aromatic ring is 2. The number of nitrogens with two attached hydrogens (primary N) is 2. The van der Waals surface area contributed by atoms with Crippen molar-refractivity contribution in [1.82, 2.24) is 4.98 Å². The molecule has 1 aromatic carbocycles. The van der Waals surface area contributed by atoms with E-state index < -0.39 is 0 Å². The van der Waals surface area contributed by atoms with Crippen molar-refractivity contribution in [2.75, 3.05) is 36.6 Å². The monoisotopic (exact) mass is 270 g/mol. The highest BCUT2D eigenvalue weighted by Gasteiger charge is 2.27.